The zero-order valence-electron chi connectivity index (χ0n) is 15.9. The number of hydrogen-bond donors (Lipinski definition) is 1. The van der Waals surface area contributed by atoms with Crippen LogP contribution in [-0.2, 0) is 11.2 Å². The molecular formula is C21H23ClN4O2. The van der Waals surface area contributed by atoms with Crippen LogP contribution in [0.1, 0.15) is 19.1 Å². The minimum atomic E-state index is -0.300. The number of carbonyl (C=O) groups excluding carboxylic acids is 1. The van der Waals surface area contributed by atoms with Crippen molar-refractivity contribution in [2.24, 2.45) is 0 Å². The lowest BCUT2D eigenvalue weighted by Crippen LogP contribution is -2.40. The van der Waals surface area contributed by atoms with E-state index in [0.29, 0.717) is 5.69 Å². The number of aryl methyl sites for hydroxylation is 1. The number of nitrogens with zero attached hydrogens (tertiary/aromatic N) is 3. The fourth-order valence-electron chi connectivity index (χ4n) is 2.79. The largest absolute Gasteiger partial charge is 0.361 e. The normalized spacial score (nSPS) is 12.1. The second-order valence-electron chi connectivity index (χ2n) is 6.64. The van der Waals surface area contributed by atoms with Crippen molar-refractivity contribution in [1.29, 1.82) is 0 Å². The molecule has 0 radical (unpaired) electrons. The molecule has 2 aromatic heterocycles. The Bertz CT molecular complexity index is 914. The van der Waals surface area contributed by atoms with Crippen LogP contribution in [0.25, 0.3) is 11.3 Å². The SMILES string of the molecule is CC(C(=O)Nc1cccnc1Cl)N(C)CCCc1cc(-c2ccccc2)no1. The molecule has 0 saturated carbocycles. The molecule has 146 valence electrons. The maximum Gasteiger partial charge on any atom is 0.241 e. The molecule has 1 unspecified atom stereocenters. The van der Waals surface area contributed by atoms with Crippen molar-refractivity contribution in [3.8, 4) is 11.3 Å². The van der Waals surface area contributed by atoms with Crippen molar-refractivity contribution in [2.75, 3.05) is 18.9 Å². The summed E-state index contributed by atoms with van der Waals surface area (Å²) in [7, 11) is 1.92. The minimum absolute atomic E-state index is 0.122. The Balaban J connectivity index is 1.47. The maximum absolute atomic E-state index is 12.4. The van der Waals surface area contributed by atoms with Gasteiger partial charge in [0.15, 0.2) is 5.15 Å². The van der Waals surface area contributed by atoms with Crippen molar-refractivity contribution < 1.29 is 9.32 Å². The van der Waals surface area contributed by atoms with Gasteiger partial charge in [0.25, 0.3) is 0 Å². The van der Waals surface area contributed by atoms with E-state index >= 15 is 0 Å². The fourth-order valence-corrected chi connectivity index (χ4v) is 2.96. The van der Waals surface area contributed by atoms with Crippen LogP contribution in [0.5, 0.6) is 0 Å². The second kappa shape index (κ2) is 9.48. The van der Waals surface area contributed by atoms with Gasteiger partial charge in [0.05, 0.1) is 11.7 Å². The van der Waals surface area contributed by atoms with Gasteiger partial charge in [-0.1, -0.05) is 47.1 Å². The number of anilines is 1. The van der Waals surface area contributed by atoms with E-state index in [4.69, 9.17) is 16.1 Å². The summed E-state index contributed by atoms with van der Waals surface area (Å²) in [4.78, 5) is 18.4. The number of rotatable bonds is 8. The topological polar surface area (TPSA) is 71.3 Å². The van der Waals surface area contributed by atoms with Gasteiger partial charge in [0.2, 0.25) is 5.91 Å². The Morgan fingerprint density at radius 3 is 2.79 bits per heavy atom. The second-order valence-corrected chi connectivity index (χ2v) is 6.99. The van der Waals surface area contributed by atoms with E-state index in [1.54, 1.807) is 18.3 Å². The van der Waals surface area contributed by atoms with Gasteiger partial charge in [-0.05, 0) is 39.1 Å². The molecule has 0 spiro atoms. The summed E-state index contributed by atoms with van der Waals surface area (Å²) in [5, 5.41) is 7.23. The molecule has 28 heavy (non-hydrogen) atoms. The first-order valence-electron chi connectivity index (χ1n) is 9.17. The molecule has 6 nitrogen and oxygen atoms in total. The highest BCUT2D eigenvalue weighted by Crippen LogP contribution is 2.20. The molecule has 2 heterocycles. The standard InChI is InChI=1S/C21H23ClN4O2/c1-15(21(27)24-18-11-6-12-23-20(18)22)26(2)13-7-10-17-14-19(25-28-17)16-8-4-3-5-9-16/h3-6,8-9,11-12,14-15H,7,10,13H2,1-2H3,(H,24,27). The first kappa shape index (κ1) is 20.0. The van der Waals surface area contributed by atoms with Crippen molar-refractivity contribution in [1.82, 2.24) is 15.0 Å². The molecule has 7 heteroatoms. The van der Waals surface area contributed by atoms with Gasteiger partial charge in [0, 0.05) is 24.2 Å². The number of halogens is 1. The molecule has 0 saturated heterocycles. The van der Waals surface area contributed by atoms with Crippen molar-refractivity contribution >= 4 is 23.2 Å². The Morgan fingerprint density at radius 2 is 2.04 bits per heavy atom. The van der Waals surface area contributed by atoms with E-state index in [9.17, 15) is 4.79 Å². The summed E-state index contributed by atoms with van der Waals surface area (Å²) < 4.78 is 5.43. The fraction of sp³-hybridized carbons (Fsp3) is 0.286. The number of aromatic nitrogens is 2. The summed E-state index contributed by atoms with van der Waals surface area (Å²) in [6.45, 7) is 2.61. The monoisotopic (exact) mass is 398 g/mol. The Labute approximate surface area is 169 Å². The summed E-state index contributed by atoms with van der Waals surface area (Å²) in [5.41, 5.74) is 2.39. The van der Waals surface area contributed by atoms with Crippen molar-refractivity contribution in [3.63, 3.8) is 0 Å². The number of pyridine rings is 1. The van der Waals surface area contributed by atoms with Crippen LogP contribution < -0.4 is 5.32 Å². The lowest BCUT2D eigenvalue weighted by molar-refractivity contribution is -0.120. The predicted octanol–water partition coefficient (Wildman–Crippen LogP) is 4.28. The molecule has 0 aliphatic heterocycles. The van der Waals surface area contributed by atoms with E-state index < -0.39 is 0 Å². The molecule has 1 atom stereocenters. The Hall–Kier alpha value is -2.70. The molecular weight excluding hydrogens is 376 g/mol. The average Bonchev–Trinajstić information content (AvgIpc) is 3.18. The first-order valence-corrected chi connectivity index (χ1v) is 9.55. The summed E-state index contributed by atoms with van der Waals surface area (Å²) >= 11 is 5.99. The number of hydrogen-bond acceptors (Lipinski definition) is 5. The molecule has 1 N–H and O–H groups in total. The van der Waals surface area contributed by atoms with Crippen LogP contribution in [0, 0.1) is 0 Å². The van der Waals surface area contributed by atoms with Crippen LogP contribution in [0.2, 0.25) is 5.15 Å². The number of amides is 1. The molecule has 1 aromatic carbocycles. The quantitative estimate of drug-likeness (QED) is 0.573. The molecule has 0 aliphatic rings. The third kappa shape index (κ3) is 5.18. The van der Waals surface area contributed by atoms with Crippen LogP contribution in [0.4, 0.5) is 5.69 Å². The van der Waals surface area contributed by atoms with Crippen LogP contribution in [0.3, 0.4) is 0 Å². The van der Waals surface area contributed by atoms with Crippen LogP contribution in [0.15, 0.2) is 59.3 Å². The van der Waals surface area contributed by atoms with E-state index in [-0.39, 0.29) is 17.1 Å². The van der Waals surface area contributed by atoms with Crippen LogP contribution in [-0.4, -0.2) is 40.6 Å². The van der Waals surface area contributed by atoms with Crippen LogP contribution >= 0.6 is 11.6 Å². The third-order valence-electron chi connectivity index (χ3n) is 4.62. The zero-order valence-corrected chi connectivity index (χ0v) is 16.7. The summed E-state index contributed by atoms with van der Waals surface area (Å²) in [6, 6.07) is 15.1. The van der Waals surface area contributed by atoms with Gasteiger partial charge in [-0.25, -0.2) is 4.98 Å². The minimum Gasteiger partial charge on any atom is -0.361 e. The lowest BCUT2D eigenvalue weighted by Gasteiger charge is -2.23. The van der Waals surface area contributed by atoms with E-state index in [0.717, 1.165) is 36.4 Å². The third-order valence-corrected chi connectivity index (χ3v) is 4.92. The number of benzene rings is 1. The van der Waals surface area contributed by atoms with Gasteiger partial charge >= 0.3 is 0 Å². The summed E-state index contributed by atoms with van der Waals surface area (Å²) in [5.74, 6) is 0.718. The number of nitrogens with one attached hydrogen (secondary N) is 1. The predicted molar refractivity (Wildman–Crippen MR) is 110 cm³/mol. The van der Waals surface area contributed by atoms with Gasteiger partial charge < -0.3 is 9.84 Å². The number of carbonyl (C=O) groups is 1. The molecule has 0 aliphatic carbocycles. The van der Waals surface area contributed by atoms with Crippen molar-refractivity contribution in [3.05, 3.63) is 65.6 Å². The van der Waals surface area contributed by atoms with E-state index in [1.165, 1.54) is 0 Å². The number of likely N-dealkylation sites (N-methyl/N-ethyl adjacent to an activating group) is 1. The van der Waals surface area contributed by atoms with E-state index in [1.807, 2.05) is 55.3 Å². The van der Waals surface area contributed by atoms with Gasteiger partial charge in [0.1, 0.15) is 11.5 Å². The molecule has 0 bridgehead atoms. The molecule has 3 aromatic rings. The molecule has 1 amide bonds. The first-order chi connectivity index (χ1) is 13.5. The highest BCUT2D eigenvalue weighted by molar-refractivity contribution is 6.32. The Morgan fingerprint density at radius 1 is 1.25 bits per heavy atom. The van der Waals surface area contributed by atoms with Gasteiger partial charge in [-0.2, -0.15) is 0 Å². The van der Waals surface area contributed by atoms with Crippen molar-refractivity contribution in [2.45, 2.75) is 25.8 Å². The maximum atomic E-state index is 12.4. The molecule has 3 rings (SSSR count). The molecule has 0 fully saturated rings. The van der Waals surface area contributed by atoms with Gasteiger partial charge in [-0.3, -0.25) is 9.69 Å². The summed E-state index contributed by atoms with van der Waals surface area (Å²) in [6.07, 6.45) is 3.19. The lowest BCUT2D eigenvalue weighted by atomic mass is 10.1. The smallest absolute Gasteiger partial charge is 0.241 e. The van der Waals surface area contributed by atoms with E-state index in [2.05, 4.69) is 15.5 Å². The highest BCUT2D eigenvalue weighted by Gasteiger charge is 2.19. The zero-order chi connectivity index (χ0) is 19.9. The Kier molecular flexibility index (Phi) is 6.79. The average molecular weight is 399 g/mol. The van der Waals surface area contributed by atoms with Gasteiger partial charge in [-0.15, -0.1) is 0 Å². The highest BCUT2D eigenvalue weighted by atomic mass is 35.5.